The minimum Gasteiger partial charge on any atom is -0.270 e. The molecule has 1 fully saturated rings. The Balaban J connectivity index is 2.16. The fourth-order valence-electron chi connectivity index (χ4n) is 3.37. The zero-order chi connectivity index (χ0) is 20.0. The topological polar surface area (TPSA) is 73.8 Å². The van der Waals surface area contributed by atoms with Gasteiger partial charge in [-0.25, -0.2) is 9.37 Å². The molecule has 0 radical (unpaired) electrons. The molecule has 3 rings (SSSR count). The summed E-state index contributed by atoms with van der Waals surface area (Å²) in [6.07, 6.45) is 0. The number of likely N-dealkylation sites (N-methyl/N-ethyl adjacent to an activating group) is 1. The van der Waals surface area contributed by atoms with Gasteiger partial charge in [0.05, 0.1) is 18.8 Å². The molecular formula is C19H25N6O2+. The number of carbonyl (C=O) groups excluding carboxylic acids is 2. The smallest absolute Gasteiger partial charge is 0.270 e. The van der Waals surface area contributed by atoms with Gasteiger partial charge in [0.15, 0.2) is 0 Å². The van der Waals surface area contributed by atoms with Gasteiger partial charge in [-0.3, -0.25) is 14.6 Å². The van der Waals surface area contributed by atoms with Crippen LogP contribution in [0.15, 0.2) is 35.4 Å². The predicted molar refractivity (Wildman–Crippen MR) is 103 cm³/mol. The van der Waals surface area contributed by atoms with Crippen molar-refractivity contribution in [1.82, 2.24) is 19.6 Å². The molecule has 1 saturated heterocycles. The third kappa shape index (κ3) is 3.11. The van der Waals surface area contributed by atoms with Crippen LogP contribution in [0.5, 0.6) is 0 Å². The number of aliphatic imine (C=N–C) groups is 1. The molecule has 0 saturated carbocycles. The summed E-state index contributed by atoms with van der Waals surface area (Å²) in [4.78, 5) is 33.2. The number of hydrogen-bond donors (Lipinski definition) is 0. The molecule has 8 nitrogen and oxygen atoms in total. The van der Waals surface area contributed by atoms with Gasteiger partial charge in [-0.05, 0) is 39.3 Å². The highest BCUT2D eigenvalue weighted by molar-refractivity contribution is 6.23. The van der Waals surface area contributed by atoms with E-state index in [9.17, 15) is 9.59 Å². The number of hydrogen-bond acceptors (Lipinski definition) is 4. The second kappa shape index (κ2) is 6.61. The molecule has 8 heteroatoms. The Bertz CT molecular complexity index is 936. The highest BCUT2D eigenvalue weighted by Crippen LogP contribution is 2.22. The van der Waals surface area contributed by atoms with Crippen molar-refractivity contribution in [3.63, 3.8) is 0 Å². The van der Waals surface area contributed by atoms with E-state index >= 15 is 0 Å². The minimum absolute atomic E-state index is 0.182. The van der Waals surface area contributed by atoms with Crippen molar-refractivity contribution < 1.29 is 14.2 Å². The van der Waals surface area contributed by atoms with Gasteiger partial charge in [0.25, 0.3) is 5.91 Å². The molecule has 0 N–H and O–H groups in total. The molecule has 0 spiro atoms. The number of urea groups is 1. The van der Waals surface area contributed by atoms with Crippen LogP contribution in [0, 0.1) is 13.8 Å². The number of imide groups is 1. The summed E-state index contributed by atoms with van der Waals surface area (Å²) >= 11 is 0. The zero-order valence-electron chi connectivity index (χ0n) is 16.5. The Morgan fingerprint density at radius 3 is 2.41 bits per heavy atom. The Kier molecular flexibility index (Phi) is 4.59. The normalized spacial score (nSPS) is 19.6. The summed E-state index contributed by atoms with van der Waals surface area (Å²) < 4.78 is 3.56. The van der Waals surface area contributed by atoms with Gasteiger partial charge in [0, 0.05) is 7.05 Å². The van der Waals surface area contributed by atoms with E-state index in [2.05, 4.69) is 23.2 Å². The Labute approximate surface area is 158 Å². The maximum absolute atomic E-state index is 13.2. The molecule has 1 aromatic heterocycles. The molecule has 27 heavy (non-hydrogen) atoms. The van der Waals surface area contributed by atoms with E-state index in [1.807, 2.05) is 31.4 Å². The highest BCUT2D eigenvalue weighted by Gasteiger charge is 2.53. The lowest BCUT2D eigenvalue weighted by Crippen LogP contribution is -2.63. The largest absolute Gasteiger partial charge is 0.421 e. The average molecular weight is 369 g/mol. The maximum atomic E-state index is 13.2. The maximum Gasteiger partial charge on any atom is 0.421 e. The van der Waals surface area contributed by atoms with Crippen molar-refractivity contribution >= 4 is 23.7 Å². The van der Waals surface area contributed by atoms with E-state index in [4.69, 9.17) is 0 Å². The lowest BCUT2D eigenvalue weighted by molar-refractivity contribution is -0.529. The number of amidine groups is 1. The number of fused-ring (bicyclic) bond motifs is 1. The molecule has 3 amide bonds. The van der Waals surface area contributed by atoms with Crippen LogP contribution >= 0.6 is 0 Å². The zero-order valence-corrected chi connectivity index (χ0v) is 16.5. The third-order valence-electron chi connectivity index (χ3n) is 4.46. The number of amides is 3. The summed E-state index contributed by atoms with van der Waals surface area (Å²) in [5.74, 6) is 0.623. The van der Waals surface area contributed by atoms with E-state index in [1.165, 1.54) is 9.80 Å². The molecule has 1 unspecified atom stereocenters. The van der Waals surface area contributed by atoms with Gasteiger partial charge in [0.2, 0.25) is 11.9 Å². The number of aromatic nitrogens is 2. The summed E-state index contributed by atoms with van der Waals surface area (Å²) in [6.45, 7) is 15.9. The van der Waals surface area contributed by atoms with E-state index < -0.39 is 12.1 Å². The summed E-state index contributed by atoms with van der Waals surface area (Å²) in [7, 11) is 1.63. The first-order valence-corrected chi connectivity index (χ1v) is 8.75. The van der Waals surface area contributed by atoms with Crippen molar-refractivity contribution in [2.24, 2.45) is 4.99 Å². The molecule has 1 atom stereocenters. The molecule has 0 aromatic carbocycles. The number of nitrogens with zero attached hydrogens (tertiary/aromatic N) is 6. The van der Waals surface area contributed by atoms with Crippen LogP contribution in [0.4, 0.5) is 4.79 Å². The van der Waals surface area contributed by atoms with Gasteiger partial charge < -0.3 is 0 Å². The third-order valence-corrected chi connectivity index (χ3v) is 4.46. The van der Waals surface area contributed by atoms with Crippen LogP contribution in [-0.4, -0.2) is 74.1 Å². The molecule has 2 aliphatic rings. The van der Waals surface area contributed by atoms with Gasteiger partial charge in [-0.2, -0.15) is 0 Å². The van der Waals surface area contributed by atoms with Crippen LogP contribution in [0.1, 0.15) is 25.2 Å². The number of rotatable bonds is 4. The molecule has 3 heterocycles. The van der Waals surface area contributed by atoms with Crippen LogP contribution in [0.3, 0.4) is 0 Å². The molecular weight excluding hydrogens is 344 g/mol. The van der Waals surface area contributed by atoms with Gasteiger partial charge in [-0.1, -0.05) is 23.7 Å². The number of aryl methyl sites for hydroxylation is 2. The molecule has 142 valence electrons. The van der Waals surface area contributed by atoms with Crippen molar-refractivity contribution in [3.8, 4) is 0 Å². The lowest BCUT2D eigenvalue weighted by Gasteiger charge is -2.34. The highest BCUT2D eigenvalue weighted by atomic mass is 16.2. The first-order chi connectivity index (χ1) is 12.6. The first-order valence-electron chi connectivity index (χ1n) is 8.75. The quantitative estimate of drug-likeness (QED) is 0.597. The van der Waals surface area contributed by atoms with Crippen molar-refractivity contribution in [3.05, 3.63) is 41.8 Å². The van der Waals surface area contributed by atoms with Crippen LogP contribution in [0.2, 0.25) is 0 Å². The average Bonchev–Trinajstić information content (AvgIpc) is 3.08. The summed E-state index contributed by atoms with van der Waals surface area (Å²) in [5.41, 5.74) is 3.37. The Morgan fingerprint density at radius 2 is 1.89 bits per heavy atom. The molecule has 2 aliphatic heterocycles. The second-order valence-electron chi connectivity index (χ2n) is 7.32. The standard InChI is InChI=1S/C19H25N6O2/c1-11(2)9-23-15-16(20-18(23)25-14(6)8-13(5)21-25)22(7)19(27)24(17(15)26)10-12(3)4/h8,15H,1,3,9-10H2,2,4-7H3/q+1. The fraction of sp³-hybridized carbons (Fsp3) is 0.421. The van der Waals surface area contributed by atoms with Crippen molar-refractivity contribution in [1.29, 1.82) is 0 Å². The van der Waals surface area contributed by atoms with Crippen molar-refractivity contribution in [2.75, 3.05) is 20.1 Å². The van der Waals surface area contributed by atoms with Crippen LogP contribution < -0.4 is 0 Å². The second-order valence-corrected chi connectivity index (χ2v) is 7.32. The fourth-order valence-corrected chi connectivity index (χ4v) is 3.37. The SMILES string of the molecule is C=C(C)CN1C(=O)C2C(=NC(n3nc(C)cc3C)=[N+]2CC(=C)C)N(C)C1=O. The summed E-state index contributed by atoms with van der Waals surface area (Å²) in [6, 6.07) is 0.851. The molecule has 0 aliphatic carbocycles. The predicted octanol–water partition coefficient (Wildman–Crippen LogP) is 1.54. The van der Waals surface area contributed by atoms with E-state index in [1.54, 1.807) is 18.7 Å². The van der Waals surface area contributed by atoms with Crippen molar-refractivity contribution in [2.45, 2.75) is 33.7 Å². The molecule has 0 bridgehead atoms. The summed E-state index contributed by atoms with van der Waals surface area (Å²) in [5, 5.41) is 4.50. The van der Waals surface area contributed by atoms with E-state index in [-0.39, 0.29) is 12.5 Å². The first kappa shape index (κ1) is 18.8. The lowest BCUT2D eigenvalue weighted by atomic mass is 10.1. The van der Waals surface area contributed by atoms with E-state index in [0.29, 0.717) is 18.3 Å². The molecule has 1 aromatic rings. The number of carbonyl (C=O) groups is 2. The van der Waals surface area contributed by atoms with Gasteiger partial charge in [0.1, 0.15) is 5.69 Å². The van der Waals surface area contributed by atoms with E-state index in [0.717, 1.165) is 22.5 Å². The van der Waals surface area contributed by atoms with Gasteiger partial charge >= 0.3 is 12.0 Å². The monoisotopic (exact) mass is 369 g/mol. The van der Waals surface area contributed by atoms with Crippen LogP contribution in [-0.2, 0) is 4.79 Å². The van der Waals surface area contributed by atoms with Gasteiger partial charge in [-0.15, -0.1) is 9.78 Å². The van der Waals surface area contributed by atoms with Crippen LogP contribution in [0.25, 0.3) is 0 Å². The Morgan fingerprint density at radius 1 is 1.22 bits per heavy atom. The minimum atomic E-state index is -0.692. The Hall–Kier alpha value is -3.03.